The highest BCUT2D eigenvalue weighted by Crippen LogP contribution is 2.29. The van der Waals surface area contributed by atoms with Gasteiger partial charge >= 0.3 is 0 Å². The predicted molar refractivity (Wildman–Crippen MR) is 72.2 cm³/mol. The lowest BCUT2D eigenvalue weighted by atomic mass is 9.85. The van der Waals surface area contributed by atoms with E-state index in [1.807, 2.05) is 0 Å². The standard InChI is InChI=1S/C13H29N3O/c1-11(2)13(9-14,10-17-5)16-7-6-12(8-16)15(3)4/h11-12H,6-10,14H2,1-5H3. The van der Waals surface area contributed by atoms with Crippen LogP contribution in [0.3, 0.4) is 0 Å². The summed E-state index contributed by atoms with van der Waals surface area (Å²) in [5, 5.41) is 0. The average molecular weight is 243 g/mol. The monoisotopic (exact) mass is 243 g/mol. The van der Waals surface area contributed by atoms with Crippen molar-refractivity contribution in [2.24, 2.45) is 11.7 Å². The molecule has 1 aliphatic heterocycles. The van der Waals surface area contributed by atoms with E-state index in [4.69, 9.17) is 10.5 Å². The molecule has 2 N–H and O–H groups in total. The van der Waals surface area contributed by atoms with Crippen LogP contribution in [0.4, 0.5) is 0 Å². The first-order valence-corrected chi connectivity index (χ1v) is 6.58. The molecule has 4 nitrogen and oxygen atoms in total. The van der Waals surface area contributed by atoms with Gasteiger partial charge < -0.3 is 15.4 Å². The number of hydrogen-bond donors (Lipinski definition) is 1. The van der Waals surface area contributed by atoms with E-state index in [1.54, 1.807) is 7.11 Å². The summed E-state index contributed by atoms with van der Waals surface area (Å²) < 4.78 is 5.43. The number of likely N-dealkylation sites (N-methyl/N-ethyl adjacent to an activating group) is 1. The van der Waals surface area contributed by atoms with Gasteiger partial charge in [0.15, 0.2) is 0 Å². The van der Waals surface area contributed by atoms with Crippen molar-refractivity contribution in [3.8, 4) is 0 Å². The third-order valence-corrected chi connectivity index (χ3v) is 4.35. The first kappa shape index (κ1) is 14.9. The van der Waals surface area contributed by atoms with Crippen molar-refractivity contribution < 1.29 is 4.74 Å². The molecule has 17 heavy (non-hydrogen) atoms. The molecule has 2 atom stereocenters. The van der Waals surface area contributed by atoms with Crippen LogP contribution in [0, 0.1) is 5.92 Å². The van der Waals surface area contributed by atoms with E-state index >= 15 is 0 Å². The van der Waals surface area contributed by atoms with Crippen LogP contribution in [0.15, 0.2) is 0 Å². The van der Waals surface area contributed by atoms with Crippen molar-refractivity contribution in [3.05, 3.63) is 0 Å². The Hall–Kier alpha value is -0.160. The molecule has 4 heteroatoms. The molecule has 0 amide bonds. The molecule has 0 bridgehead atoms. The third kappa shape index (κ3) is 2.99. The number of likely N-dealkylation sites (tertiary alicyclic amines) is 1. The Kier molecular flexibility index (Phi) is 5.38. The molecule has 0 radical (unpaired) electrons. The molecule has 1 heterocycles. The summed E-state index contributed by atoms with van der Waals surface area (Å²) in [4.78, 5) is 4.85. The highest BCUT2D eigenvalue weighted by molar-refractivity contribution is 4.99. The van der Waals surface area contributed by atoms with Gasteiger partial charge in [-0.1, -0.05) is 13.8 Å². The summed E-state index contributed by atoms with van der Waals surface area (Å²) in [5.41, 5.74) is 6.06. The summed E-state index contributed by atoms with van der Waals surface area (Å²) in [6.07, 6.45) is 1.23. The van der Waals surface area contributed by atoms with Gasteiger partial charge in [0.25, 0.3) is 0 Å². The van der Waals surface area contributed by atoms with Crippen molar-refractivity contribution in [1.29, 1.82) is 0 Å². The number of methoxy groups -OCH3 is 1. The first-order chi connectivity index (χ1) is 7.97. The fraction of sp³-hybridized carbons (Fsp3) is 1.00. The lowest BCUT2D eigenvalue weighted by Crippen LogP contribution is -2.60. The highest BCUT2D eigenvalue weighted by Gasteiger charge is 2.42. The summed E-state index contributed by atoms with van der Waals surface area (Å²) in [6, 6.07) is 0.650. The Labute approximate surface area is 106 Å². The van der Waals surface area contributed by atoms with Crippen molar-refractivity contribution in [3.63, 3.8) is 0 Å². The second-order valence-corrected chi connectivity index (χ2v) is 5.75. The minimum atomic E-state index is -0.000486. The average Bonchev–Trinajstić information content (AvgIpc) is 2.75. The van der Waals surface area contributed by atoms with Gasteiger partial charge in [0.05, 0.1) is 12.1 Å². The molecule has 102 valence electrons. The van der Waals surface area contributed by atoms with Crippen LogP contribution in [-0.2, 0) is 4.74 Å². The molecule has 1 aliphatic rings. The van der Waals surface area contributed by atoms with Crippen LogP contribution >= 0.6 is 0 Å². The Morgan fingerprint density at radius 1 is 1.47 bits per heavy atom. The van der Waals surface area contributed by atoms with Crippen molar-refractivity contribution in [2.75, 3.05) is 47.4 Å². The van der Waals surface area contributed by atoms with Crippen molar-refractivity contribution >= 4 is 0 Å². The summed E-state index contributed by atoms with van der Waals surface area (Å²) in [5.74, 6) is 0.508. The Balaban J connectivity index is 2.78. The largest absolute Gasteiger partial charge is 0.383 e. The molecule has 0 aromatic heterocycles. The molecule has 0 aliphatic carbocycles. The van der Waals surface area contributed by atoms with E-state index in [9.17, 15) is 0 Å². The fourth-order valence-electron chi connectivity index (χ4n) is 2.86. The van der Waals surface area contributed by atoms with Crippen LogP contribution < -0.4 is 5.73 Å². The molecular formula is C13H29N3O. The zero-order valence-corrected chi connectivity index (χ0v) is 12.1. The minimum Gasteiger partial charge on any atom is -0.383 e. The van der Waals surface area contributed by atoms with Gasteiger partial charge in [0.1, 0.15) is 0 Å². The predicted octanol–water partition coefficient (Wildman–Crippen LogP) is 0.622. The number of nitrogens with zero attached hydrogens (tertiary/aromatic N) is 2. The molecule has 1 saturated heterocycles. The smallest absolute Gasteiger partial charge is 0.0661 e. The molecular weight excluding hydrogens is 214 g/mol. The second kappa shape index (κ2) is 6.14. The molecule has 0 saturated carbocycles. The number of rotatable bonds is 6. The summed E-state index contributed by atoms with van der Waals surface area (Å²) in [6.45, 7) is 8.11. The Bertz CT molecular complexity index is 233. The van der Waals surface area contributed by atoms with E-state index in [0.717, 1.165) is 19.7 Å². The van der Waals surface area contributed by atoms with Gasteiger partial charge in [-0.25, -0.2) is 0 Å². The molecule has 2 unspecified atom stereocenters. The zero-order valence-electron chi connectivity index (χ0n) is 12.1. The van der Waals surface area contributed by atoms with Crippen molar-refractivity contribution in [1.82, 2.24) is 9.80 Å². The third-order valence-electron chi connectivity index (χ3n) is 4.35. The van der Waals surface area contributed by atoms with Gasteiger partial charge in [-0.2, -0.15) is 0 Å². The Morgan fingerprint density at radius 3 is 2.47 bits per heavy atom. The number of nitrogens with two attached hydrogens (primary N) is 1. The topological polar surface area (TPSA) is 41.7 Å². The maximum atomic E-state index is 6.06. The van der Waals surface area contributed by atoms with E-state index in [1.165, 1.54) is 6.42 Å². The SMILES string of the molecule is COCC(CN)(C(C)C)N1CCC(N(C)C)C1. The molecule has 0 aromatic rings. The molecule has 1 fully saturated rings. The summed E-state index contributed by atoms with van der Waals surface area (Å²) in [7, 11) is 6.08. The van der Waals surface area contributed by atoms with Crippen molar-refractivity contribution in [2.45, 2.75) is 31.8 Å². The highest BCUT2D eigenvalue weighted by atomic mass is 16.5. The zero-order chi connectivity index (χ0) is 13.1. The maximum Gasteiger partial charge on any atom is 0.0661 e. The van der Waals surface area contributed by atoms with Crippen LogP contribution in [-0.4, -0.2) is 68.8 Å². The number of hydrogen-bond acceptors (Lipinski definition) is 4. The van der Waals surface area contributed by atoms with Gasteiger partial charge in [-0.3, -0.25) is 4.90 Å². The van der Waals surface area contributed by atoms with E-state index in [0.29, 0.717) is 18.5 Å². The number of ether oxygens (including phenoxy) is 1. The second-order valence-electron chi connectivity index (χ2n) is 5.75. The van der Waals surface area contributed by atoms with Gasteiger partial charge in [0.2, 0.25) is 0 Å². The first-order valence-electron chi connectivity index (χ1n) is 6.58. The molecule has 1 rings (SSSR count). The van der Waals surface area contributed by atoms with Crippen LogP contribution in [0.5, 0.6) is 0 Å². The van der Waals surface area contributed by atoms with E-state index < -0.39 is 0 Å². The fourth-order valence-corrected chi connectivity index (χ4v) is 2.86. The lowest BCUT2D eigenvalue weighted by Gasteiger charge is -2.44. The minimum absolute atomic E-state index is 0.000486. The van der Waals surface area contributed by atoms with Gasteiger partial charge in [-0.15, -0.1) is 0 Å². The quantitative estimate of drug-likeness (QED) is 0.743. The summed E-state index contributed by atoms with van der Waals surface area (Å²) >= 11 is 0. The van der Waals surface area contributed by atoms with Gasteiger partial charge in [-0.05, 0) is 26.4 Å². The molecule has 0 spiro atoms. The van der Waals surface area contributed by atoms with E-state index in [-0.39, 0.29) is 5.54 Å². The van der Waals surface area contributed by atoms with Crippen LogP contribution in [0.25, 0.3) is 0 Å². The normalized spacial score (nSPS) is 25.8. The molecule has 0 aromatic carbocycles. The lowest BCUT2D eigenvalue weighted by molar-refractivity contribution is -0.00550. The Morgan fingerprint density at radius 2 is 2.12 bits per heavy atom. The maximum absolute atomic E-state index is 6.06. The van der Waals surface area contributed by atoms with E-state index in [2.05, 4.69) is 37.7 Å². The van der Waals surface area contributed by atoms with Gasteiger partial charge in [0, 0.05) is 32.8 Å². The van der Waals surface area contributed by atoms with Crippen LogP contribution in [0.1, 0.15) is 20.3 Å². The van der Waals surface area contributed by atoms with Crippen LogP contribution in [0.2, 0.25) is 0 Å².